The first-order chi connectivity index (χ1) is 15.5. The number of thioether (sulfide) groups is 1. The van der Waals surface area contributed by atoms with E-state index in [1.165, 1.54) is 27.7 Å². The van der Waals surface area contributed by atoms with Crippen LogP contribution in [0.4, 0.5) is 0 Å². The molecule has 2 heterocycles. The van der Waals surface area contributed by atoms with Gasteiger partial charge in [-0.15, -0.1) is 11.3 Å². The zero-order valence-electron chi connectivity index (χ0n) is 17.2. The molecule has 162 valence electrons. The lowest BCUT2D eigenvalue weighted by Gasteiger charge is -2.16. The smallest absolute Gasteiger partial charge is 0.262 e. The minimum atomic E-state index is -0.551. The van der Waals surface area contributed by atoms with E-state index in [4.69, 9.17) is 0 Å². The SMILES string of the molecule is CC(Sc1nc2ccccc2c(=O)n1CCCO)/C(O)=C(\C#N)c1nc2ccccc2s1. The Bertz CT molecular complexity index is 1390. The average molecular weight is 465 g/mol. The Morgan fingerprint density at radius 2 is 1.91 bits per heavy atom. The summed E-state index contributed by atoms with van der Waals surface area (Å²) in [6, 6.07) is 16.7. The van der Waals surface area contributed by atoms with Crippen LogP contribution in [0.3, 0.4) is 0 Å². The van der Waals surface area contributed by atoms with Gasteiger partial charge in [-0.05, 0) is 37.6 Å². The van der Waals surface area contributed by atoms with Gasteiger partial charge >= 0.3 is 0 Å². The number of aliphatic hydroxyl groups excluding tert-OH is 2. The Kier molecular flexibility index (Phi) is 6.55. The Labute approximate surface area is 192 Å². The van der Waals surface area contributed by atoms with E-state index < -0.39 is 5.25 Å². The highest BCUT2D eigenvalue weighted by molar-refractivity contribution is 7.99. The molecule has 32 heavy (non-hydrogen) atoms. The highest BCUT2D eigenvalue weighted by Crippen LogP contribution is 2.33. The van der Waals surface area contributed by atoms with Crippen molar-refractivity contribution in [2.75, 3.05) is 6.61 Å². The fourth-order valence-corrected chi connectivity index (χ4v) is 5.24. The number of thiazole rings is 1. The van der Waals surface area contributed by atoms with E-state index >= 15 is 0 Å². The summed E-state index contributed by atoms with van der Waals surface area (Å²) in [4.78, 5) is 22.1. The van der Waals surface area contributed by atoms with Crippen LogP contribution in [0, 0.1) is 11.3 Å². The van der Waals surface area contributed by atoms with Gasteiger partial charge in [-0.3, -0.25) is 9.36 Å². The van der Waals surface area contributed by atoms with Crippen LogP contribution >= 0.6 is 23.1 Å². The molecule has 0 bridgehead atoms. The molecule has 7 nitrogen and oxygen atoms in total. The molecule has 4 rings (SSSR count). The number of hydrogen-bond acceptors (Lipinski definition) is 8. The number of benzene rings is 2. The molecule has 0 fully saturated rings. The van der Waals surface area contributed by atoms with Crippen LogP contribution in [0.15, 0.2) is 64.2 Å². The molecule has 0 spiro atoms. The molecule has 0 aliphatic rings. The fourth-order valence-electron chi connectivity index (χ4n) is 3.27. The Morgan fingerprint density at radius 3 is 2.62 bits per heavy atom. The van der Waals surface area contributed by atoms with Crippen molar-refractivity contribution in [3.05, 3.63) is 69.7 Å². The third-order valence-electron chi connectivity index (χ3n) is 4.91. The molecule has 0 saturated heterocycles. The maximum atomic E-state index is 13.0. The first kappa shape index (κ1) is 22.0. The highest BCUT2D eigenvalue weighted by atomic mass is 32.2. The van der Waals surface area contributed by atoms with Crippen molar-refractivity contribution < 1.29 is 10.2 Å². The first-order valence-electron chi connectivity index (χ1n) is 9.99. The molecule has 2 aromatic carbocycles. The number of allylic oxidation sites excluding steroid dienone is 1. The van der Waals surface area contributed by atoms with Gasteiger partial charge in [-0.25, -0.2) is 9.97 Å². The van der Waals surface area contributed by atoms with E-state index in [0.29, 0.717) is 34.0 Å². The number of rotatable bonds is 7. The van der Waals surface area contributed by atoms with E-state index in [1.807, 2.05) is 30.3 Å². The minimum absolute atomic E-state index is 0.0553. The zero-order chi connectivity index (χ0) is 22.7. The predicted molar refractivity (Wildman–Crippen MR) is 128 cm³/mol. The maximum absolute atomic E-state index is 13.0. The fraction of sp³-hybridized carbons (Fsp3) is 0.217. The van der Waals surface area contributed by atoms with Gasteiger partial charge in [0, 0.05) is 13.2 Å². The van der Waals surface area contributed by atoms with Crippen molar-refractivity contribution >= 4 is 49.8 Å². The number of aliphatic hydroxyl groups is 2. The molecule has 0 aliphatic heterocycles. The summed E-state index contributed by atoms with van der Waals surface area (Å²) in [7, 11) is 0. The standard InChI is InChI=1S/C23H20N4O3S2/c1-14(20(29)16(13-24)21-25-18-9-4-5-10-19(18)32-21)31-23-26-17-8-3-2-7-15(17)22(30)27(23)11-6-12-28/h2-5,7-10,14,28-29H,6,11-12H2,1H3/b20-16-. The van der Waals surface area contributed by atoms with Gasteiger partial charge in [0.2, 0.25) is 0 Å². The van der Waals surface area contributed by atoms with Crippen LogP contribution in [0.25, 0.3) is 26.7 Å². The van der Waals surface area contributed by atoms with E-state index in [9.17, 15) is 20.3 Å². The Morgan fingerprint density at radius 1 is 1.19 bits per heavy atom. The predicted octanol–water partition coefficient (Wildman–Crippen LogP) is 4.36. The number of para-hydroxylation sites is 2. The van der Waals surface area contributed by atoms with E-state index in [0.717, 1.165) is 10.2 Å². The van der Waals surface area contributed by atoms with Crippen molar-refractivity contribution in [2.24, 2.45) is 0 Å². The number of fused-ring (bicyclic) bond motifs is 2. The summed E-state index contributed by atoms with van der Waals surface area (Å²) >= 11 is 2.53. The van der Waals surface area contributed by atoms with E-state index in [2.05, 4.69) is 16.0 Å². The first-order valence-corrected chi connectivity index (χ1v) is 11.7. The zero-order valence-corrected chi connectivity index (χ0v) is 18.9. The van der Waals surface area contributed by atoms with Crippen LogP contribution < -0.4 is 5.56 Å². The third-order valence-corrected chi connectivity index (χ3v) is 7.06. The molecule has 2 aromatic heterocycles. The van der Waals surface area contributed by atoms with Gasteiger partial charge in [0.05, 0.1) is 26.4 Å². The van der Waals surface area contributed by atoms with Crippen molar-refractivity contribution in [3.63, 3.8) is 0 Å². The van der Waals surface area contributed by atoms with Crippen LogP contribution in [0.1, 0.15) is 18.4 Å². The van der Waals surface area contributed by atoms with Crippen molar-refractivity contribution in [1.82, 2.24) is 14.5 Å². The van der Waals surface area contributed by atoms with Crippen molar-refractivity contribution in [2.45, 2.75) is 30.3 Å². The lowest BCUT2D eigenvalue weighted by atomic mass is 10.2. The van der Waals surface area contributed by atoms with E-state index in [1.54, 1.807) is 25.1 Å². The molecule has 0 amide bonds. The lowest BCUT2D eigenvalue weighted by molar-refractivity contribution is 0.276. The molecule has 1 unspecified atom stereocenters. The maximum Gasteiger partial charge on any atom is 0.262 e. The molecular formula is C23H20N4O3S2. The van der Waals surface area contributed by atoms with E-state index in [-0.39, 0.29) is 23.5 Å². The van der Waals surface area contributed by atoms with Gasteiger partial charge in [0.1, 0.15) is 22.4 Å². The summed E-state index contributed by atoms with van der Waals surface area (Å²) < 4.78 is 2.44. The minimum Gasteiger partial charge on any atom is -0.510 e. The normalized spacial score (nSPS) is 13.2. The lowest BCUT2D eigenvalue weighted by Crippen LogP contribution is -2.24. The molecule has 1 atom stereocenters. The van der Waals surface area contributed by atoms with Gasteiger partial charge < -0.3 is 10.2 Å². The van der Waals surface area contributed by atoms with Crippen LogP contribution in [0.2, 0.25) is 0 Å². The number of hydrogen-bond donors (Lipinski definition) is 2. The molecule has 0 saturated carbocycles. The summed E-state index contributed by atoms with van der Waals surface area (Å²) in [6.07, 6.45) is 0.402. The van der Waals surface area contributed by atoms with Crippen LogP contribution in [-0.2, 0) is 6.54 Å². The Balaban J connectivity index is 1.74. The quantitative estimate of drug-likeness (QED) is 0.181. The molecule has 0 radical (unpaired) electrons. The van der Waals surface area contributed by atoms with Gasteiger partial charge in [-0.1, -0.05) is 36.0 Å². The summed E-state index contributed by atoms with van der Waals surface area (Å²) in [6.45, 7) is 2.00. The summed E-state index contributed by atoms with van der Waals surface area (Å²) in [5.41, 5.74) is 1.23. The van der Waals surface area contributed by atoms with Gasteiger partial charge in [0.15, 0.2) is 5.16 Å². The number of nitrogens with zero attached hydrogens (tertiary/aromatic N) is 4. The van der Waals surface area contributed by atoms with Crippen LogP contribution in [0.5, 0.6) is 0 Å². The summed E-state index contributed by atoms with van der Waals surface area (Å²) in [5, 5.41) is 30.7. The molecule has 9 heteroatoms. The van der Waals surface area contributed by atoms with Gasteiger partial charge in [0.25, 0.3) is 5.56 Å². The Hall–Kier alpha value is -3.19. The van der Waals surface area contributed by atoms with Crippen molar-refractivity contribution in [1.29, 1.82) is 5.26 Å². The topological polar surface area (TPSA) is 112 Å². The molecule has 2 N–H and O–H groups in total. The third kappa shape index (κ3) is 4.25. The highest BCUT2D eigenvalue weighted by Gasteiger charge is 2.22. The second-order valence-electron chi connectivity index (χ2n) is 7.06. The monoisotopic (exact) mass is 464 g/mol. The van der Waals surface area contributed by atoms with Gasteiger partial charge in [-0.2, -0.15) is 5.26 Å². The number of nitriles is 1. The molecule has 4 aromatic rings. The summed E-state index contributed by atoms with van der Waals surface area (Å²) in [5.74, 6) is -0.118. The second-order valence-corrected chi connectivity index (χ2v) is 9.40. The molecule has 0 aliphatic carbocycles. The van der Waals surface area contributed by atoms with Crippen molar-refractivity contribution in [3.8, 4) is 6.07 Å². The number of aromatic nitrogens is 3. The molecular weight excluding hydrogens is 444 g/mol. The van der Waals surface area contributed by atoms with Crippen LogP contribution in [-0.4, -0.2) is 36.6 Å². The average Bonchev–Trinajstić information content (AvgIpc) is 3.23. The second kappa shape index (κ2) is 9.53. The largest absolute Gasteiger partial charge is 0.510 e.